The standard InChI is InChI=1S/C8H17N3O.BrH/c1-6(11-8(9)10)5-7-3-2-4-12-7;/h6-7H,2-5H2,1H3,(H4,9,10,11);1H. The Labute approximate surface area is 89.5 Å². The number of rotatable bonds is 3. The minimum Gasteiger partial charge on any atom is -0.378 e. The fraction of sp³-hybridized carbons (Fsp3) is 0.875. The minimum atomic E-state index is 0. The highest BCUT2D eigenvalue weighted by Gasteiger charge is 2.17. The minimum absolute atomic E-state index is 0. The first-order chi connectivity index (χ1) is 5.68. The Bertz CT molecular complexity index is 165. The Morgan fingerprint density at radius 1 is 1.62 bits per heavy atom. The first-order valence-electron chi connectivity index (χ1n) is 4.39. The molecule has 0 bridgehead atoms. The largest absolute Gasteiger partial charge is 0.378 e. The SMILES string of the molecule is Br.CC(CC1CCCO1)N=C(N)N. The molecule has 0 aromatic carbocycles. The second-order valence-electron chi connectivity index (χ2n) is 3.27. The van der Waals surface area contributed by atoms with Crippen molar-refractivity contribution in [2.24, 2.45) is 16.5 Å². The lowest BCUT2D eigenvalue weighted by molar-refractivity contribution is 0.0999. The summed E-state index contributed by atoms with van der Waals surface area (Å²) in [6, 6.07) is 0.179. The monoisotopic (exact) mass is 251 g/mol. The lowest BCUT2D eigenvalue weighted by Crippen LogP contribution is -2.26. The van der Waals surface area contributed by atoms with Crippen LogP contribution in [-0.4, -0.2) is 24.7 Å². The maximum atomic E-state index is 5.45. The van der Waals surface area contributed by atoms with Gasteiger partial charge in [-0.3, -0.25) is 4.99 Å². The van der Waals surface area contributed by atoms with Gasteiger partial charge in [0.05, 0.1) is 12.1 Å². The van der Waals surface area contributed by atoms with Gasteiger partial charge in [-0.2, -0.15) is 0 Å². The van der Waals surface area contributed by atoms with Crippen molar-refractivity contribution < 1.29 is 4.74 Å². The summed E-state index contributed by atoms with van der Waals surface area (Å²) >= 11 is 0. The molecule has 13 heavy (non-hydrogen) atoms. The molecule has 2 unspecified atom stereocenters. The van der Waals surface area contributed by atoms with E-state index in [9.17, 15) is 0 Å². The number of aliphatic imine (C=N–C) groups is 1. The van der Waals surface area contributed by atoms with Crippen LogP contribution < -0.4 is 11.5 Å². The first-order valence-corrected chi connectivity index (χ1v) is 4.39. The van der Waals surface area contributed by atoms with Crippen LogP contribution in [0.5, 0.6) is 0 Å². The van der Waals surface area contributed by atoms with E-state index < -0.39 is 0 Å². The Kier molecular flexibility index (Phi) is 6.07. The summed E-state index contributed by atoms with van der Waals surface area (Å²) in [6.07, 6.45) is 3.60. The van der Waals surface area contributed by atoms with Crippen molar-refractivity contribution in [3.8, 4) is 0 Å². The lowest BCUT2D eigenvalue weighted by atomic mass is 10.1. The third-order valence-corrected chi connectivity index (χ3v) is 2.00. The number of hydrogen-bond acceptors (Lipinski definition) is 2. The number of halogens is 1. The quantitative estimate of drug-likeness (QED) is 0.576. The summed E-state index contributed by atoms with van der Waals surface area (Å²) in [4.78, 5) is 4.03. The predicted octanol–water partition coefficient (Wildman–Crippen LogP) is 0.795. The van der Waals surface area contributed by atoms with Gasteiger partial charge < -0.3 is 16.2 Å². The van der Waals surface area contributed by atoms with Crippen LogP contribution in [0.2, 0.25) is 0 Å². The van der Waals surface area contributed by atoms with Gasteiger partial charge in [0.2, 0.25) is 0 Å². The van der Waals surface area contributed by atoms with E-state index in [1.165, 1.54) is 6.42 Å². The van der Waals surface area contributed by atoms with Gasteiger partial charge in [-0.1, -0.05) is 0 Å². The van der Waals surface area contributed by atoms with Crippen LogP contribution in [0, 0.1) is 0 Å². The molecule has 1 rings (SSSR count). The smallest absolute Gasteiger partial charge is 0.186 e. The highest BCUT2D eigenvalue weighted by molar-refractivity contribution is 8.93. The molecule has 0 spiro atoms. The number of nitrogens with two attached hydrogens (primary N) is 2. The summed E-state index contributed by atoms with van der Waals surface area (Å²) in [5.74, 6) is 0.167. The molecule has 0 aromatic rings. The Morgan fingerprint density at radius 2 is 2.31 bits per heavy atom. The van der Waals surface area contributed by atoms with Gasteiger partial charge in [0.15, 0.2) is 5.96 Å². The van der Waals surface area contributed by atoms with Crippen molar-refractivity contribution in [3.63, 3.8) is 0 Å². The Morgan fingerprint density at radius 3 is 2.77 bits per heavy atom. The van der Waals surface area contributed by atoms with Gasteiger partial charge in [0.1, 0.15) is 0 Å². The zero-order valence-corrected chi connectivity index (χ0v) is 9.61. The van der Waals surface area contributed by atoms with Gasteiger partial charge in [0, 0.05) is 6.61 Å². The number of hydrogen-bond donors (Lipinski definition) is 2. The van der Waals surface area contributed by atoms with Crippen molar-refractivity contribution in [1.82, 2.24) is 0 Å². The van der Waals surface area contributed by atoms with Crippen LogP contribution in [-0.2, 0) is 4.74 Å². The second kappa shape index (κ2) is 6.21. The van der Waals surface area contributed by atoms with Crippen LogP contribution in [0.1, 0.15) is 26.2 Å². The highest BCUT2D eigenvalue weighted by atomic mass is 79.9. The zero-order chi connectivity index (χ0) is 8.97. The molecular formula is C8H18BrN3O. The average Bonchev–Trinajstić information content (AvgIpc) is 2.37. The summed E-state index contributed by atoms with van der Waals surface area (Å²) in [6.45, 7) is 2.89. The van der Waals surface area contributed by atoms with Crippen LogP contribution in [0.4, 0.5) is 0 Å². The first kappa shape index (κ1) is 12.7. The van der Waals surface area contributed by atoms with Gasteiger partial charge in [-0.15, -0.1) is 17.0 Å². The third-order valence-electron chi connectivity index (χ3n) is 2.00. The molecule has 0 radical (unpaired) electrons. The summed E-state index contributed by atoms with van der Waals surface area (Å²) < 4.78 is 5.45. The van der Waals surface area contributed by atoms with Crippen molar-refractivity contribution in [1.29, 1.82) is 0 Å². The van der Waals surface area contributed by atoms with Gasteiger partial charge >= 0.3 is 0 Å². The summed E-state index contributed by atoms with van der Waals surface area (Å²) in [7, 11) is 0. The van der Waals surface area contributed by atoms with E-state index in [2.05, 4.69) is 4.99 Å². The zero-order valence-electron chi connectivity index (χ0n) is 7.90. The van der Waals surface area contributed by atoms with Gasteiger partial charge in [-0.25, -0.2) is 0 Å². The summed E-state index contributed by atoms with van der Waals surface area (Å²) in [5, 5.41) is 0. The molecule has 78 valence electrons. The Balaban J connectivity index is 0.00000144. The van der Waals surface area contributed by atoms with Crippen LogP contribution >= 0.6 is 17.0 Å². The normalized spacial score (nSPS) is 23.3. The molecule has 1 fully saturated rings. The maximum absolute atomic E-state index is 5.45. The van der Waals surface area contributed by atoms with Gasteiger partial charge in [-0.05, 0) is 26.2 Å². The predicted molar refractivity (Wildman–Crippen MR) is 59.2 cm³/mol. The molecule has 1 aliphatic heterocycles. The fourth-order valence-corrected chi connectivity index (χ4v) is 1.52. The van der Waals surface area contributed by atoms with Crippen molar-refractivity contribution in [2.75, 3.05) is 6.61 Å². The van der Waals surface area contributed by atoms with Crippen molar-refractivity contribution in [2.45, 2.75) is 38.3 Å². The van der Waals surface area contributed by atoms with E-state index >= 15 is 0 Å². The van der Waals surface area contributed by atoms with E-state index in [1.54, 1.807) is 0 Å². The number of ether oxygens (including phenoxy) is 1. The molecule has 4 N–H and O–H groups in total. The van der Waals surface area contributed by atoms with Crippen molar-refractivity contribution >= 4 is 22.9 Å². The molecule has 0 saturated carbocycles. The second-order valence-corrected chi connectivity index (χ2v) is 3.27. The molecule has 0 aromatic heterocycles. The molecular weight excluding hydrogens is 234 g/mol. The van der Waals surface area contributed by atoms with Crippen LogP contribution in [0.15, 0.2) is 4.99 Å². The molecule has 1 aliphatic rings. The van der Waals surface area contributed by atoms with E-state index in [1.807, 2.05) is 6.92 Å². The third kappa shape index (κ3) is 5.10. The highest BCUT2D eigenvalue weighted by Crippen LogP contribution is 2.17. The van der Waals surface area contributed by atoms with Gasteiger partial charge in [0.25, 0.3) is 0 Å². The molecule has 1 heterocycles. The maximum Gasteiger partial charge on any atom is 0.186 e. The molecule has 4 nitrogen and oxygen atoms in total. The van der Waals surface area contributed by atoms with Crippen LogP contribution in [0.25, 0.3) is 0 Å². The van der Waals surface area contributed by atoms with Crippen molar-refractivity contribution in [3.05, 3.63) is 0 Å². The number of guanidine groups is 1. The molecule has 1 saturated heterocycles. The summed E-state index contributed by atoms with van der Waals surface area (Å²) in [5.41, 5.74) is 10.5. The number of nitrogens with zero attached hydrogens (tertiary/aromatic N) is 1. The van der Waals surface area contributed by atoms with Crippen LogP contribution in [0.3, 0.4) is 0 Å². The molecule has 2 atom stereocenters. The van der Waals surface area contributed by atoms with E-state index in [0.29, 0.717) is 6.10 Å². The van der Waals surface area contributed by atoms with E-state index in [-0.39, 0.29) is 29.0 Å². The average molecular weight is 252 g/mol. The lowest BCUT2D eigenvalue weighted by Gasteiger charge is -2.12. The topological polar surface area (TPSA) is 73.6 Å². The van der Waals surface area contributed by atoms with E-state index in [0.717, 1.165) is 19.4 Å². The Hall–Kier alpha value is -0.290. The molecule has 0 aliphatic carbocycles. The molecule has 0 amide bonds. The molecule has 5 heteroatoms. The fourth-order valence-electron chi connectivity index (χ4n) is 1.52. The van der Waals surface area contributed by atoms with E-state index in [4.69, 9.17) is 16.2 Å².